The Hall–Kier alpha value is -1.42. The zero-order valence-electron chi connectivity index (χ0n) is 10.4. The highest BCUT2D eigenvalue weighted by Gasteiger charge is 2.12. The molecule has 0 saturated carbocycles. The van der Waals surface area contributed by atoms with Crippen molar-refractivity contribution >= 4 is 29.5 Å². The van der Waals surface area contributed by atoms with E-state index in [-0.39, 0.29) is 0 Å². The topological polar surface area (TPSA) is 40.5 Å². The van der Waals surface area contributed by atoms with Crippen LogP contribution in [0.5, 0.6) is 0 Å². The number of hydrogen-bond donors (Lipinski definition) is 1. The highest BCUT2D eigenvalue weighted by molar-refractivity contribution is 7.99. The van der Waals surface area contributed by atoms with Crippen molar-refractivity contribution in [1.29, 1.82) is 0 Å². The van der Waals surface area contributed by atoms with Crippen LogP contribution in [0.4, 0.5) is 5.69 Å². The summed E-state index contributed by atoms with van der Waals surface area (Å²) in [5.41, 5.74) is 3.40. The summed E-state index contributed by atoms with van der Waals surface area (Å²) in [6.45, 7) is 4.26. The van der Waals surface area contributed by atoms with Crippen LogP contribution in [0.3, 0.4) is 0 Å². The van der Waals surface area contributed by atoms with E-state index in [1.807, 2.05) is 23.9 Å². The Bertz CT molecular complexity index is 465. The third-order valence-corrected chi connectivity index (χ3v) is 3.93. The van der Waals surface area contributed by atoms with E-state index >= 15 is 0 Å². The summed E-state index contributed by atoms with van der Waals surface area (Å²) in [6.07, 6.45) is 2.80. The van der Waals surface area contributed by atoms with E-state index in [1.165, 1.54) is 28.8 Å². The summed E-state index contributed by atoms with van der Waals surface area (Å²) in [5.74, 6) is 1.45. The van der Waals surface area contributed by atoms with Gasteiger partial charge in [-0.25, -0.2) is 4.79 Å². The number of carboxylic acid groups (broad SMARTS) is 1. The van der Waals surface area contributed by atoms with Gasteiger partial charge in [0.25, 0.3) is 0 Å². The monoisotopic (exact) mass is 263 g/mol. The first-order valence-corrected chi connectivity index (χ1v) is 7.16. The second-order valence-electron chi connectivity index (χ2n) is 4.32. The zero-order valence-corrected chi connectivity index (χ0v) is 11.2. The number of carboxylic acids is 1. The molecule has 0 radical (unpaired) electrons. The standard InChI is InChI=1S/C14H17NO2S/c1-11-10-12(3-5-14(16)17)2-4-13(11)15-6-8-18-9-7-15/h2-5,10H,6-9H2,1H3,(H,16,17). The number of nitrogens with zero attached hydrogens (tertiary/aromatic N) is 1. The van der Waals surface area contributed by atoms with Crippen LogP contribution in [0.15, 0.2) is 24.3 Å². The molecule has 4 heteroatoms. The van der Waals surface area contributed by atoms with Gasteiger partial charge in [0.2, 0.25) is 0 Å². The fourth-order valence-corrected chi connectivity index (χ4v) is 3.01. The van der Waals surface area contributed by atoms with Gasteiger partial charge >= 0.3 is 5.97 Å². The van der Waals surface area contributed by atoms with E-state index < -0.39 is 5.97 Å². The van der Waals surface area contributed by atoms with Crippen LogP contribution >= 0.6 is 11.8 Å². The van der Waals surface area contributed by atoms with Crippen molar-refractivity contribution in [3.63, 3.8) is 0 Å². The molecule has 3 nitrogen and oxygen atoms in total. The largest absolute Gasteiger partial charge is 0.478 e. The fourth-order valence-electron chi connectivity index (χ4n) is 2.11. The molecule has 0 aliphatic carbocycles. The van der Waals surface area contributed by atoms with Crippen LogP contribution in [-0.2, 0) is 4.79 Å². The lowest BCUT2D eigenvalue weighted by Crippen LogP contribution is -2.32. The first kappa shape index (κ1) is 13.0. The van der Waals surface area contributed by atoms with Crippen molar-refractivity contribution in [2.75, 3.05) is 29.5 Å². The second-order valence-corrected chi connectivity index (χ2v) is 5.54. The van der Waals surface area contributed by atoms with Gasteiger partial charge in [-0.2, -0.15) is 11.8 Å². The molecule has 0 aromatic heterocycles. The van der Waals surface area contributed by atoms with Crippen LogP contribution < -0.4 is 4.90 Å². The summed E-state index contributed by atoms with van der Waals surface area (Å²) in [5, 5.41) is 8.61. The molecule has 96 valence electrons. The van der Waals surface area contributed by atoms with E-state index in [2.05, 4.69) is 17.9 Å². The molecule has 1 saturated heterocycles. The third-order valence-electron chi connectivity index (χ3n) is 2.99. The van der Waals surface area contributed by atoms with Crippen LogP contribution in [0.25, 0.3) is 6.08 Å². The Balaban J connectivity index is 2.16. The first-order valence-electron chi connectivity index (χ1n) is 6.01. The minimum atomic E-state index is -0.912. The average Bonchev–Trinajstić information content (AvgIpc) is 2.37. The highest BCUT2D eigenvalue weighted by Crippen LogP contribution is 2.24. The van der Waals surface area contributed by atoms with Crippen molar-refractivity contribution in [2.24, 2.45) is 0 Å². The van der Waals surface area contributed by atoms with Crippen molar-refractivity contribution in [1.82, 2.24) is 0 Å². The zero-order chi connectivity index (χ0) is 13.0. The van der Waals surface area contributed by atoms with Gasteiger partial charge in [-0.15, -0.1) is 0 Å². The third kappa shape index (κ3) is 3.29. The maximum absolute atomic E-state index is 10.5. The van der Waals surface area contributed by atoms with Gasteiger partial charge in [-0.3, -0.25) is 0 Å². The summed E-state index contributed by atoms with van der Waals surface area (Å²) in [4.78, 5) is 12.9. The molecular formula is C14H17NO2S. The van der Waals surface area contributed by atoms with E-state index in [9.17, 15) is 4.79 Å². The Kier molecular flexibility index (Phi) is 4.31. The normalized spacial score (nSPS) is 16.2. The summed E-state index contributed by atoms with van der Waals surface area (Å²) < 4.78 is 0. The number of hydrogen-bond acceptors (Lipinski definition) is 3. The lowest BCUT2D eigenvalue weighted by molar-refractivity contribution is -0.131. The van der Waals surface area contributed by atoms with Gasteiger partial charge in [0.05, 0.1) is 0 Å². The van der Waals surface area contributed by atoms with Gasteiger partial charge < -0.3 is 10.0 Å². The smallest absolute Gasteiger partial charge is 0.328 e. The van der Waals surface area contributed by atoms with Crippen molar-refractivity contribution < 1.29 is 9.90 Å². The molecule has 0 atom stereocenters. The molecule has 1 fully saturated rings. The Labute approximate surface area is 111 Å². The number of aliphatic carboxylic acids is 1. The number of benzene rings is 1. The molecule has 0 bridgehead atoms. The predicted octanol–water partition coefficient (Wildman–Crippen LogP) is 2.65. The number of rotatable bonds is 3. The average molecular weight is 263 g/mol. The van der Waals surface area contributed by atoms with E-state index in [4.69, 9.17) is 5.11 Å². The van der Waals surface area contributed by atoms with E-state index in [0.29, 0.717) is 0 Å². The molecule has 18 heavy (non-hydrogen) atoms. The molecule has 1 heterocycles. The van der Waals surface area contributed by atoms with Gasteiger partial charge in [0.15, 0.2) is 0 Å². The van der Waals surface area contributed by atoms with Gasteiger partial charge in [0, 0.05) is 36.4 Å². The maximum atomic E-state index is 10.5. The molecule has 1 aromatic rings. The molecule has 1 N–H and O–H groups in total. The number of carbonyl (C=O) groups is 1. The lowest BCUT2D eigenvalue weighted by Gasteiger charge is -2.30. The molecule has 1 aromatic carbocycles. The minimum absolute atomic E-state index is 0.912. The first-order chi connectivity index (χ1) is 8.66. The molecule has 0 spiro atoms. The minimum Gasteiger partial charge on any atom is -0.478 e. The fraction of sp³-hybridized carbons (Fsp3) is 0.357. The predicted molar refractivity (Wildman–Crippen MR) is 77.4 cm³/mol. The van der Waals surface area contributed by atoms with Gasteiger partial charge in [-0.05, 0) is 36.3 Å². The Morgan fingerprint density at radius 2 is 2.11 bits per heavy atom. The van der Waals surface area contributed by atoms with Crippen molar-refractivity contribution in [3.8, 4) is 0 Å². The van der Waals surface area contributed by atoms with Crippen LogP contribution in [-0.4, -0.2) is 35.7 Å². The summed E-state index contributed by atoms with van der Waals surface area (Å²) in [7, 11) is 0. The lowest BCUT2D eigenvalue weighted by atomic mass is 10.1. The van der Waals surface area contributed by atoms with Gasteiger partial charge in [-0.1, -0.05) is 6.07 Å². The summed E-state index contributed by atoms with van der Waals surface area (Å²) >= 11 is 2.00. The molecule has 0 unspecified atom stereocenters. The Morgan fingerprint density at radius 3 is 2.72 bits per heavy atom. The van der Waals surface area contributed by atoms with Crippen LogP contribution in [0, 0.1) is 6.92 Å². The highest BCUT2D eigenvalue weighted by atomic mass is 32.2. The SMILES string of the molecule is Cc1cc(C=CC(=O)O)ccc1N1CCSCC1. The quantitative estimate of drug-likeness (QED) is 0.851. The van der Waals surface area contributed by atoms with Crippen LogP contribution in [0.1, 0.15) is 11.1 Å². The Morgan fingerprint density at radius 1 is 1.39 bits per heavy atom. The molecule has 0 amide bonds. The molecule has 1 aliphatic rings. The van der Waals surface area contributed by atoms with Crippen LogP contribution in [0.2, 0.25) is 0 Å². The number of aryl methyl sites for hydroxylation is 1. The maximum Gasteiger partial charge on any atom is 0.328 e. The van der Waals surface area contributed by atoms with Crippen molar-refractivity contribution in [2.45, 2.75) is 6.92 Å². The van der Waals surface area contributed by atoms with Crippen molar-refractivity contribution in [3.05, 3.63) is 35.4 Å². The van der Waals surface area contributed by atoms with E-state index in [1.54, 1.807) is 6.08 Å². The summed E-state index contributed by atoms with van der Waals surface area (Å²) in [6, 6.07) is 6.10. The number of anilines is 1. The van der Waals surface area contributed by atoms with E-state index in [0.717, 1.165) is 18.7 Å². The second kappa shape index (κ2) is 5.96. The molecule has 2 rings (SSSR count). The number of thioether (sulfide) groups is 1. The van der Waals surface area contributed by atoms with Gasteiger partial charge in [0.1, 0.15) is 0 Å². The molecular weight excluding hydrogens is 246 g/mol. The molecule has 1 aliphatic heterocycles.